The smallest absolute Gasteiger partial charge is 0.239 e. The van der Waals surface area contributed by atoms with Gasteiger partial charge in [0.1, 0.15) is 18.4 Å². The van der Waals surface area contributed by atoms with E-state index in [0.29, 0.717) is 0 Å². The minimum absolute atomic E-state index is 1.65. The predicted molar refractivity (Wildman–Crippen MR) is 29.8 cm³/mol. The molecule has 1 aromatic heterocycles. The molecule has 0 fully saturated rings. The number of rotatable bonds is 0. The Labute approximate surface area is 48.4 Å². The summed E-state index contributed by atoms with van der Waals surface area (Å²) in [6.45, 7) is 0. The maximum absolute atomic E-state index is 5.06. The molecule has 1 aromatic rings. The average Bonchev–Trinajstić information content (AvgIpc) is 2.14. The van der Waals surface area contributed by atoms with Crippen molar-refractivity contribution in [3.63, 3.8) is 0 Å². The number of hydrogen-bond acceptors (Lipinski definition) is 0. The van der Waals surface area contributed by atoms with Crippen molar-refractivity contribution >= 4 is 0 Å². The van der Waals surface area contributed by atoms with E-state index in [0.717, 1.165) is 0 Å². The van der Waals surface area contributed by atoms with Crippen LogP contribution in [0.4, 0.5) is 0 Å². The Morgan fingerprint density at radius 3 is 2.75 bits per heavy atom. The van der Waals surface area contributed by atoms with Crippen LogP contribution in [0.25, 0.3) is 0 Å². The van der Waals surface area contributed by atoms with Gasteiger partial charge in [-0.15, -0.1) is 0 Å². The maximum Gasteiger partial charge on any atom is 0.257 e. The van der Waals surface area contributed by atoms with Crippen molar-refractivity contribution in [3.8, 4) is 12.5 Å². The van der Waals surface area contributed by atoms with E-state index in [1.807, 2.05) is 30.3 Å². The molecule has 0 aliphatic carbocycles. The molecule has 0 amide bonds. The average molecular weight is 107 g/mol. The molecule has 0 atom stereocenters. The molecule has 0 saturated heterocycles. The molecular weight excluding hydrogens is 100 g/mol. The lowest BCUT2D eigenvalue weighted by Crippen LogP contribution is -2.23. The Morgan fingerprint density at radius 1 is 1.75 bits per heavy atom. The SMILES string of the molecule is C#Cn1cc[n+](C)c1. The van der Waals surface area contributed by atoms with Gasteiger partial charge in [-0.3, -0.25) is 0 Å². The first-order valence-electron chi connectivity index (χ1n) is 2.33. The van der Waals surface area contributed by atoms with Gasteiger partial charge in [-0.05, 0) is 0 Å². The first-order chi connectivity index (χ1) is 3.83. The molecule has 0 aliphatic rings. The summed E-state index contributed by atoms with van der Waals surface area (Å²) in [5, 5.41) is 0. The fraction of sp³-hybridized carbons (Fsp3) is 0.167. The zero-order valence-corrected chi connectivity index (χ0v) is 4.70. The lowest BCUT2D eigenvalue weighted by atomic mass is 10.9. The standard InChI is InChI=1S/C6H7N2/c1-3-8-5-4-7(2)6-8/h1,4-6H,2H3/q+1. The quantitative estimate of drug-likeness (QED) is 0.319. The third kappa shape index (κ3) is 0.710. The van der Waals surface area contributed by atoms with E-state index >= 15 is 0 Å². The minimum atomic E-state index is 1.65. The zero-order valence-electron chi connectivity index (χ0n) is 4.70. The molecule has 0 aliphatic heterocycles. The van der Waals surface area contributed by atoms with Gasteiger partial charge in [0.25, 0.3) is 6.33 Å². The molecule has 0 aromatic carbocycles. The number of hydrogen-bond donors (Lipinski definition) is 0. The van der Waals surface area contributed by atoms with Gasteiger partial charge in [-0.1, -0.05) is 6.42 Å². The molecule has 2 heteroatoms. The largest absolute Gasteiger partial charge is 0.257 e. The number of imidazole rings is 1. The van der Waals surface area contributed by atoms with E-state index < -0.39 is 0 Å². The molecule has 0 bridgehead atoms. The predicted octanol–water partition coefficient (Wildman–Crippen LogP) is -0.249. The molecule has 0 radical (unpaired) electrons. The van der Waals surface area contributed by atoms with Crippen LogP contribution in [-0.2, 0) is 7.05 Å². The van der Waals surface area contributed by atoms with Crippen LogP contribution in [0.2, 0.25) is 0 Å². The van der Waals surface area contributed by atoms with E-state index in [4.69, 9.17) is 6.42 Å². The number of nitrogens with zero attached hydrogens (tertiary/aromatic N) is 2. The highest BCUT2D eigenvalue weighted by molar-refractivity contribution is 4.89. The first-order valence-corrected chi connectivity index (χ1v) is 2.33. The van der Waals surface area contributed by atoms with Crippen molar-refractivity contribution in [2.45, 2.75) is 0 Å². The van der Waals surface area contributed by atoms with Crippen LogP contribution < -0.4 is 4.57 Å². The summed E-state index contributed by atoms with van der Waals surface area (Å²) in [5.41, 5.74) is 0. The maximum atomic E-state index is 5.06. The summed E-state index contributed by atoms with van der Waals surface area (Å²) in [6.07, 6.45) is 10.6. The third-order valence-electron chi connectivity index (χ3n) is 0.918. The van der Waals surface area contributed by atoms with Gasteiger partial charge in [-0.25, -0.2) is 4.57 Å². The van der Waals surface area contributed by atoms with Gasteiger partial charge in [-0.2, -0.15) is 4.57 Å². The summed E-state index contributed by atoms with van der Waals surface area (Å²) >= 11 is 0. The minimum Gasteiger partial charge on any atom is -0.239 e. The fourth-order valence-corrected chi connectivity index (χ4v) is 0.527. The van der Waals surface area contributed by atoms with Crippen LogP contribution >= 0.6 is 0 Å². The van der Waals surface area contributed by atoms with Crippen molar-refractivity contribution in [2.24, 2.45) is 7.05 Å². The molecule has 0 saturated carbocycles. The van der Waals surface area contributed by atoms with Crippen molar-refractivity contribution in [3.05, 3.63) is 18.7 Å². The summed E-state index contributed by atoms with van der Waals surface area (Å²) in [5.74, 6) is 0. The molecule has 40 valence electrons. The van der Waals surface area contributed by atoms with Gasteiger partial charge in [0.05, 0.1) is 7.05 Å². The summed E-state index contributed by atoms with van der Waals surface area (Å²) in [4.78, 5) is 0. The highest BCUT2D eigenvalue weighted by atomic mass is 15.1. The van der Waals surface area contributed by atoms with Crippen LogP contribution in [0, 0.1) is 12.5 Å². The molecule has 2 nitrogen and oxygen atoms in total. The molecule has 1 rings (SSSR count). The Balaban J connectivity index is 3.05. The van der Waals surface area contributed by atoms with Gasteiger partial charge in [0.2, 0.25) is 0 Å². The van der Waals surface area contributed by atoms with Crippen molar-refractivity contribution < 1.29 is 4.57 Å². The normalized spacial score (nSPS) is 8.50. The second-order valence-electron chi connectivity index (χ2n) is 1.62. The summed E-state index contributed by atoms with van der Waals surface area (Å²) in [7, 11) is 1.92. The van der Waals surface area contributed by atoms with Crippen LogP contribution in [0.15, 0.2) is 18.7 Å². The Kier molecular flexibility index (Phi) is 1.05. The van der Waals surface area contributed by atoms with Gasteiger partial charge < -0.3 is 0 Å². The van der Waals surface area contributed by atoms with Crippen LogP contribution in [0.3, 0.4) is 0 Å². The van der Waals surface area contributed by atoms with Gasteiger partial charge >= 0.3 is 0 Å². The van der Waals surface area contributed by atoms with E-state index in [1.54, 1.807) is 4.57 Å². The highest BCUT2D eigenvalue weighted by Gasteiger charge is 1.91. The molecule has 8 heavy (non-hydrogen) atoms. The zero-order chi connectivity index (χ0) is 5.98. The highest BCUT2D eigenvalue weighted by Crippen LogP contribution is 1.73. The van der Waals surface area contributed by atoms with Crippen molar-refractivity contribution in [1.82, 2.24) is 4.57 Å². The lowest BCUT2D eigenvalue weighted by molar-refractivity contribution is -0.670. The topological polar surface area (TPSA) is 8.81 Å². The fourth-order valence-electron chi connectivity index (χ4n) is 0.527. The van der Waals surface area contributed by atoms with Crippen LogP contribution in [0.1, 0.15) is 0 Å². The van der Waals surface area contributed by atoms with E-state index in [1.165, 1.54) is 0 Å². The molecule has 0 N–H and O–H groups in total. The van der Waals surface area contributed by atoms with Gasteiger partial charge in [0.15, 0.2) is 0 Å². The Hall–Kier alpha value is -1.23. The monoisotopic (exact) mass is 107 g/mol. The number of aryl methyl sites for hydroxylation is 1. The van der Waals surface area contributed by atoms with Crippen molar-refractivity contribution in [1.29, 1.82) is 0 Å². The molecular formula is C6H7N2+. The first kappa shape index (κ1) is 4.92. The molecule has 0 unspecified atom stereocenters. The number of aromatic nitrogens is 2. The second-order valence-corrected chi connectivity index (χ2v) is 1.62. The van der Waals surface area contributed by atoms with Crippen LogP contribution in [0.5, 0.6) is 0 Å². The van der Waals surface area contributed by atoms with Crippen LogP contribution in [-0.4, -0.2) is 4.57 Å². The van der Waals surface area contributed by atoms with E-state index in [-0.39, 0.29) is 0 Å². The Bertz CT molecular complexity index is 217. The van der Waals surface area contributed by atoms with E-state index in [2.05, 4.69) is 6.04 Å². The Morgan fingerprint density at radius 2 is 2.50 bits per heavy atom. The number of terminal acetylenes is 1. The summed E-state index contributed by atoms with van der Waals surface area (Å²) in [6, 6.07) is 2.44. The third-order valence-corrected chi connectivity index (χ3v) is 0.918. The van der Waals surface area contributed by atoms with Crippen molar-refractivity contribution in [2.75, 3.05) is 0 Å². The second kappa shape index (κ2) is 1.71. The molecule has 0 spiro atoms. The molecule has 1 heterocycles. The lowest BCUT2D eigenvalue weighted by Gasteiger charge is -1.71. The summed E-state index contributed by atoms with van der Waals surface area (Å²) < 4.78 is 3.54. The van der Waals surface area contributed by atoms with Gasteiger partial charge in [0, 0.05) is 0 Å². The van der Waals surface area contributed by atoms with E-state index in [9.17, 15) is 0 Å².